The Kier molecular flexibility index (Phi) is 8.97. The van der Waals surface area contributed by atoms with E-state index in [9.17, 15) is 14.7 Å². The normalized spacial score (nSPS) is 19.6. The lowest BCUT2D eigenvalue weighted by molar-refractivity contribution is -0.143. The van der Waals surface area contributed by atoms with Gasteiger partial charge in [-0.05, 0) is 54.2 Å². The van der Waals surface area contributed by atoms with E-state index in [-0.39, 0.29) is 31.4 Å². The molecule has 0 radical (unpaired) electrons. The number of carbonyl (C=O) groups excluding carboxylic acids is 1. The van der Waals surface area contributed by atoms with Crippen LogP contribution in [0.3, 0.4) is 0 Å². The SMILES string of the molecule is CCCOc1ccc([C@H]2C(C(=O)O)[C@@H](c3ccc4c(c3)OCO4)CN2CC(=O)Nc2c(CC)cccc2CC)c(F)c1. The fourth-order valence-electron chi connectivity index (χ4n) is 6.07. The number of likely N-dealkylation sites (tertiary alicyclic amines) is 1. The Balaban J connectivity index is 1.51. The van der Waals surface area contributed by atoms with Crippen molar-refractivity contribution in [2.75, 3.05) is 31.8 Å². The number of aryl methyl sites for hydroxylation is 2. The van der Waals surface area contributed by atoms with Crippen LogP contribution in [0.15, 0.2) is 54.6 Å². The highest BCUT2D eigenvalue weighted by molar-refractivity contribution is 5.94. The van der Waals surface area contributed by atoms with Crippen LogP contribution >= 0.6 is 0 Å². The van der Waals surface area contributed by atoms with Gasteiger partial charge in [0, 0.05) is 29.8 Å². The first-order chi connectivity index (χ1) is 20.3. The standard InChI is InChI=1S/C33H37FN2O6/c1-4-14-40-23-11-12-24(26(34)16-23)32-30(33(38)39)25(22-10-13-27-28(15-22)42-19-41-27)17-36(32)18-29(37)35-31-20(5-2)8-7-9-21(31)6-3/h7-13,15-16,25,30,32H,4-6,14,17-19H2,1-3H3,(H,35,37)(H,38,39)/t25-,30?,32+/m1/s1. The van der Waals surface area contributed by atoms with E-state index in [2.05, 4.69) is 5.32 Å². The summed E-state index contributed by atoms with van der Waals surface area (Å²) in [7, 11) is 0. The zero-order chi connectivity index (χ0) is 29.8. The molecule has 8 nitrogen and oxygen atoms in total. The van der Waals surface area contributed by atoms with E-state index in [4.69, 9.17) is 14.2 Å². The molecule has 1 amide bonds. The Bertz CT molecular complexity index is 1440. The molecule has 1 saturated heterocycles. The van der Waals surface area contributed by atoms with E-state index in [0.29, 0.717) is 23.9 Å². The first-order valence-electron chi connectivity index (χ1n) is 14.5. The zero-order valence-corrected chi connectivity index (χ0v) is 24.2. The van der Waals surface area contributed by atoms with Gasteiger partial charge in [0.2, 0.25) is 12.7 Å². The summed E-state index contributed by atoms with van der Waals surface area (Å²) in [6.07, 6.45) is 2.27. The average molecular weight is 577 g/mol. The van der Waals surface area contributed by atoms with Crippen molar-refractivity contribution in [2.24, 2.45) is 5.92 Å². The molecule has 5 rings (SSSR count). The lowest BCUT2D eigenvalue weighted by atomic mass is 9.82. The first kappa shape index (κ1) is 29.4. The monoisotopic (exact) mass is 576 g/mol. The topological polar surface area (TPSA) is 97.3 Å². The maximum atomic E-state index is 15.7. The molecule has 3 atom stereocenters. The van der Waals surface area contributed by atoms with Gasteiger partial charge in [-0.15, -0.1) is 0 Å². The molecular weight excluding hydrogens is 539 g/mol. The third kappa shape index (κ3) is 5.92. The summed E-state index contributed by atoms with van der Waals surface area (Å²) >= 11 is 0. The Hall–Kier alpha value is -4.11. The van der Waals surface area contributed by atoms with E-state index in [1.807, 2.05) is 45.0 Å². The van der Waals surface area contributed by atoms with Crippen LogP contribution < -0.4 is 19.5 Å². The second-order valence-electron chi connectivity index (χ2n) is 10.7. The summed E-state index contributed by atoms with van der Waals surface area (Å²) in [5, 5.41) is 13.6. The smallest absolute Gasteiger partial charge is 0.309 e. The molecule has 0 aromatic heterocycles. The van der Waals surface area contributed by atoms with Crippen LogP contribution in [0.4, 0.5) is 10.1 Å². The number of nitrogens with zero attached hydrogens (tertiary/aromatic N) is 1. The zero-order valence-electron chi connectivity index (χ0n) is 24.2. The van der Waals surface area contributed by atoms with Crippen molar-refractivity contribution in [3.8, 4) is 17.2 Å². The van der Waals surface area contributed by atoms with Crippen LogP contribution in [-0.4, -0.2) is 48.4 Å². The summed E-state index contributed by atoms with van der Waals surface area (Å²) in [6, 6.07) is 15.0. The molecule has 1 fully saturated rings. The lowest BCUT2D eigenvalue weighted by Crippen LogP contribution is -2.35. The number of hydrogen-bond acceptors (Lipinski definition) is 6. The van der Waals surface area contributed by atoms with Crippen molar-refractivity contribution in [3.05, 3.63) is 82.7 Å². The molecule has 0 bridgehead atoms. The molecule has 2 aliphatic rings. The molecule has 3 aromatic carbocycles. The number of carbonyl (C=O) groups is 2. The minimum Gasteiger partial charge on any atom is -0.494 e. The van der Waals surface area contributed by atoms with E-state index in [1.54, 1.807) is 29.2 Å². The van der Waals surface area contributed by atoms with Gasteiger partial charge in [-0.25, -0.2) is 4.39 Å². The van der Waals surface area contributed by atoms with Crippen LogP contribution in [0.2, 0.25) is 0 Å². The Morgan fingerprint density at radius 2 is 1.76 bits per heavy atom. The number of carboxylic acids is 1. The number of halogens is 1. The number of para-hydroxylation sites is 1. The van der Waals surface area contributed by atoms with E-state index in [0.717, 1.165) is 41.6 Å². The molecule has 222 valence electrons. The number of rotatable bonds is 11. The highest BCUT2D eigenvalue weighted by Crippen LogP contribution is 2.48. The van der Waals surface area contributed by atoms with Crippen LogP contribution in [0.5, 0.6) is 17.2 Å². The Morgan fingerprint density at radius 3 is 2.43 bits per heavy atom. The van der Waals surface area contributed by atoms with Crippen molar-refractivity contribution >= 4 is 17.6 Å². The van der Waals surface area contributed by atoms with Crippen molar-refractivity contribution in [1.29, 1.82) is 0 Å². The number of carboxylic acid groups (broad SMARTS) is 1. The molecule has 9 heteroatoms. The minimum atomic E-state index is -1.07. The number of hydrogen-bond donors (Lipinski definition) is 2. The molecule has 2 heterocycles. The fraction of sp³-hybridized carbons (Fsp3) is 0.394. The van der Waals surface area contributed by atoms with Gasteiger partial charge in [0.15, 0.2) is 11.5 Å². The highest BCUT2D eigenvalue weighted by Gasteiger charge is 2.49. The van der Waals surface area contributed by atoms with Crippen molar-refractivity contribution in [1.82, 2.24) is 4.90 Å². The predicted octanol–water partition coefficient (Wildman–Crippen LogP) is 5.95. The first-order valence-corrected chi connectivity index (χ1v) is 14.5. The molecule has 3 aromatic rings. The molecule has 0 spiro atoms. The van der Waals surface area contributed by atoms with Crippen molar-refractivity contribution < 1.29 is 33.3 Å². The van der Waals surface area contributed by atoms with Gasteiger partial charge in [0.25, 0.3) is 0 Å². The van der Waals surface area contributed by atoms with Crippen LogP contribution in [0.1, 0.15) is 61.4 Å². The highest BCUT2D eigenvalue weighted by atomic mass is 19.1. The van der Waals surface area contributed by atoms with Crippen molar-refractivity contribution in [2.45, 2.75) is 52.0 Å². The molecule has 2 N–H and O–H groups in total. The van der Waals surface area contributed by atoms with Gasteiger partial charge in [-0.2, -0.15) is 0 Å². The predicted molar refractivity (Wildman–Crippen MR) is 157 cm³/mol. The number of anilines is 1. The second-order valence-corrected chi connectivity index (χ2v) is 10.7. The van der Waals surface area contributed by atoms with Gasteiger partial charge < -0.3 is 24.6 Å². The number of fused-ring (bicyclic) bond motifs is 1. The van der Waals surface area contributed by atoms with E-state index >= 15 is 4.39 Å². The van der Waals surface area contributed by atoms with Gasteiger partial charge in [-0.3, -0.25) is 14.5 Å². The fourth-order valence-corrected chi connectivity index (χ4v) is 6.07. The van der Waals surface area contributed by atoms with Gasteiger partial charge in [0.05, 0.1) is 25.1 Å². The van der Waals surface area contributed by atoms with Crippen molar-refractivity contribution in [3.63, 3.8) is 0 Å². The van der Waals surface area contributed by atoms with Gasteiger partial charge in [-0.1, -0.05) is 51.1 Å². The van der Waals surface area contributed by atoms with Gasteiger partial charge >= 0.3 is 5.97 Å². The maximum absolute atomic E-state index is 15.7. The Labute approximate surface area is 245 Å². The quantitative estimate of drug-likeness (QED) is 0.291. The number of nitrogens with one attached hydrogen (secondary N) is 1. The third-order valence-electron chi connectivity index (χ3n) is 8.08. The average Bonchev–Trinajstić information content (AvgIpc) is 3.60. The molecule has 1 unspecified atom stereocenters. The van der Waals surface area contributed by atoms with Crippen LogP contribution in [0, 0.1) is 11.7 Å². The van der Waals surface area contributed by atoms with Gasteiger partial charge in [0.1, 0.15) is 11.6 Å². The number of amides is 1. The summed E-state index contributed by atoms with van der Waals surface area (Å²) in [6.45, 7) is 6.69. The summed E-state index contributed by atoms with van der Waals surface area (Å²) < 4.78 is 32.3. The number of benzene rings is 3. The molecule has 42 heavy (non-hydrogen) atoms. The third-order valence-corrected chi connectivity index (χ3v) is 8.08. The van der Waals surface area contributed by atoms with Crippen LogP contribution in [-0.2, 0) is 22.4 Å². The number of ether oxygens (including phenoxy) is 3. The maximum Gasteiger partial charge on any atom is 0.309 e. The largest absolute Gasteiger partial charge is 0.494 e. The molecule has 2 aliphatic heterocycles. The van der Waals surface area contributed by atoms with E-state index < -0.39 is 29.7 Å². The minimum absolute atomic E-state index is 0.0946. The van der Waals surface area contributed by atoms with Crippen LogP contribution in [0.25, 0.3) is 0 Å². The second kappa shape index (κ2) is 12.8. The van der Waals surface area contributed by atoms with E-state index in [1.165, 1.54) is 6.07 Å². The summed E-state index contributed by atoms with van der Waals surface area (Å²) in [5.74, 6) is -1.97. The molecular formula is C33H37FN2O6. The molecule has 0 saturated carbocycles. The Morgan fingerprint density at radius 1 is 1.02 bits per heavy atom. The molecule has 0 aliphatic carbocycles. The lowest BCUT2D eigenvalue weighted by Gasteiger charge is -2.27. The number of aliphatic carboxylic acids is 1. The summed E-state index contributed by atoms with van der Waals surface area (Å²) in [4.78, 5) is 28.2. The summed E-state index contributed by atoms with van der Waals surface area (Å²) in [5.41, 5.74) is 3.78.